The molecular formula is C32H65F3NO4+. The highest BCUT2D eigenvalue weighted by molar-refractivity contribution is 4.76. The Hall–Kier alpha value is -0.410. The predicted molar refractivity (Wildman–Crippen MR) is 160 cm³/mol. The summed E-state index contributed by atoms with van der Waals surface area (Å²) in [5.41, 5.74) is -0.792. The Kier molecular flexibility index (Phi) is 21.9. The van der Waals surface area contributed by atoms with E-state index >= 15 is 0 Å². The maximum Gasteiger partial charge on any atom is 0.411 e. The van der Waals surface area contributed by atoms with E-state index in [2.05, 4.69) is 27.9 Å². The summed E-state index contributed by atoms with van der Waals surface area (Å²) in [6.07, 6.45) is 12.2. The van der Waals surface area contributed by atoms with Crippen LogP contribution in [0.5, 0.6) is 0 Å². The Morgan fingerprint density at radius 2 is 1.00 bits per heavy atom. The maximum atomic E-state index is 12.4. The fraction of sp³-hybridized carbons (Fsp3) is 1.00. The van der Waals surface area contributed by atoms with E-state index in [-0.39, 0.29) is 12.0 Å². The molecule has 8 heteroatoms. The molecule has 0 aliphatic rings. The standard InChI is InChI=1S/C32H65F3NO4/c1-8-10-11-12-13-14-15-16-17-18-21-36(5,6)22-19-20-23-38-27-31(4,24-37-7)28-39-25-30(3,9-2)26-40-29-32(33,34)35/h8-29H2,1-7H3/q+1. The van der Waals surface area contributed by atoms with E-state index in [0.29, 0.717) is 39.5 Å². The minimum atomic E-state index is -4.31. The third-order valence-corrected chi connectivity index (χ3v) is 7.83. The molecule has 0 spiro atoms. The van der Waals surface area contributed by atoms with Gasteiger partial charge in [0.1, 0.15) is 6.61 Å². The molecule has 0 N–H and O–H groups in total. The lowest BCUT2D eigenvalue weighted by Crippen LogP contribution is -2.41. The molecule has 0 heterocycles. The molecule has 0 aliphatic carbocycles. The maximum absolute atomic E-state index is 12.4. The fourth-order valence-electron chi connectivity index (χ4n) is 4.88. The molecule has 0 radical (unpaired) electrons. The summed E-state index contributed by atoms with van der Waals surface area (Å²) in [5, 5.41) is 0. The smallest absolute Gasteiger partial charge is 0.384 e. The van der Waals surface area contributed by atoms with Gasteiger partial charge < -0.3 is 23.4 Å². The molecule has 0 fully saturated rings. The van der Waals surface area contributed by atoms with Crippen molar-refractivity contribution in [1.29, 1.82) is 0 Å². The molecule has 242 valence electrons. The number of halogens is 3. The molecule has 0 aromatic heterocycles. The van der Waals surface area contributed by atoms with Gasteiger partial charge >= 0.3 is 6.18 Å². The number of rotatable bonds is 28. The number of quaternary nitrogens is 1. The molecule has 0 saturated heterocycles. The Morgan fingerprint density at radius 3 is 1.50 bits per heavy atom. The molecular weight excluding hydrogens is 519 g/mol. The number of hydrogen-bond donors (Lipinski definition) is 0. The van der Waals surface area contributed by atoms with E-state index < -0.39 is 18.2 Å². The van der Waals surface area contributed by atoms with Crippen LogP contribution in [0.1, 0.15) is 111 Å². The van der Waals surface area contributed by atoms with Crippen LogP contribution < -0.4 is 0 Å². The average Bonchev–Trinajstić information content (AvgIpc) is 2.86. The van der Waals surface area contributed by atoms with Crippen molar-refractivity contribution in [3.8, 4) is 0 Å². The van der Waals surface area contributed by atoms with Gasteiger partial charge in [-0.05, 0) is 32.1 Å². The lowest BCUT2D eigenvalue weighted by molar-refractivity contribution is -0.890. The average molecular weight is 585 g/mol. The van der Waals surface area contributed by atoms with E-state index in [4.69, 9.17) is 18.9 Å². The van der Waals surface area contributed by atoms with Crippen molar-refractivity contribution in [2.45, 2.75) is 117 Å². The van der Waals surface area contributed by atoms with Crippen molar-refractivity contribution in [2.75, 3.05) is 80.5 Å². The molecule has 40 heavy (non-hydrogen) atoms. The number of unbranched alkanes of at least 4 members (excludes halogenated alkanes) is 10. The Balaban J connectivity index is 4.10. The molecule has 5 nitrogen and oxygen atoms in total. The van der Waals surface area contributed by atoms with Gasteiger partial charge in [0.2, 0.25) is 0 Å². The second-order valence-electron chi connectivity index (χ2n) is 13.3. The fourth-order valence-corrected chi connectivity index (χ4v) is 4.88. The summed E-state index contributed by atoms with van der Waals surface area (Å²) in [4.78, 5) is 0. The molecule has 0 rings (SSSR count). The first-order chi connectivity index (χ1) is 18.8. The predicted octanol–water partition coefficient (Wildman–Crippen LogP) is 8.45. The first-order valence-corrected chi connectivity index (χ1v) is 15.9. The molecule has 0 aliphatic heterocycles. The van der Waals surface area contributed by atoms with Gasteiger partial charge in [-0.2, -0.15) is 13.2 Å². The summed E-state index contributed by atoms with van der Waals surface area (Å²) in [5.74, 6) is 0. The van der Waals surface area contributed by atoms with Crippen molar-refractivity contribution in [2.24, 2.45) is 10.8 Å². The van der Waals surface area contributed by atoms with Crippen LogP contribution in [0.25, 0.3) is 0 Å². The van der Waals surface area contributed by atoms with Gasteiger partial charge in [-0.25, -0.2) is 0 Å². The van der Waals surface area contributed by atoms with E-state index in [1.54, 1.807) is 7.11 Å². The first kappa shape index (κ1) is 39.6. The van der Waals surface area contributed by atoms with Gasteiger partial charge in [-0.3, -0.25) is 0 Å². The zero-order valence-corrected chi connectivity index (χ0v) is 27.3. The van der Waals surface area contributed by atoms with Crippen molar-refractivity contribution < 1.29 is 36.6 Å². The minimum absolute atomic E-state index is 0.00848. The zero-order chi connectivity index (χ0) is 30.4. The van der Waals surface area contributed by atoms with Gasteiger partial charge in [0.25, 0.3) is 0 Å². The van der Waals surface area contributed by atoms with E-state index in [0.717, 1.165) is 23.9 Å². The van der Waals surface area contributed by atoms with Gasteiger partial charge in [0.05, 0.1) is 60.2 Å². The quantitative estimate of drug-likeness (QED) is 0.0683. The molecule has 0 bridgehead atoms. The van der Waals surface area contributed by atoms with E-state index in [1.165, 1.54) is 70.8 Å². The molecule has 0 amide bonds. The SMILES string of the molecule is CCCCCCCCCCCC[N+](C)(C)CCCCOCC(C)(COC)COCC(C)(CC)COCC(F)(F)F. The van der Waals surface area contributed by atoms with E-state index in [9.17, 15) is 13.2 Å². The van der Waals surface area contributed by atoms with Gasteiger partial charge in [-0.1, -0.05) is 79.1 Å². The first-order valence-electron chi connectivity index (χ1n) is 15.9. The summed E-state index contributed by atoms with van der Waals surface area (Å²) < 4.78 is 60.7. The zero-order valence-electron chi connectivity index (χ0n) is 27.3. The normalized spacial score (nSPS) is 15.8. The largest absolute Gasteiger partial charge is 0.411 e. The van der Waals surface area contributed by atoms with Crippen molar-refractivity contribution >= 4 is 0 Å². The highest BCUT2D eigenvalue weighted by Crippen LogP contribution is 2.26. The number of alkyl halides is 3. The summed E-state index contributed by atoms with van der Waals surface area (Å²) in [6, 6.07) is 0. The molecule has 0 aromatic carbocycles. The van der Waals surface area contributed by atoms with Crippen LogP contribution in [-0.2, 0) is 18.9 Å². The molecule has 2 atom stereocenters. The van der Waals surface area contributed by atoms with Crippen LogP contribution in [0, 0.1) is 10.8 Å². The lowest BCUT2D eigenvalue weighted by atomic mass is 9.89. The molecule has 2 unspecified atom stereocenters. The number of ether oxygens (including phenoxy) is 4. The third-order valence-electron chi connectivity index (χ3n) is 7.83. The van der Waals surface area contributed by atoms with Gasteiger partial charge in [-0.15, -0.1) is 0 Å². The van der Waals surface area contributed by atoms with Gasteiger partial charge in [0.15, 0.2) is 0 Å². The van der Waals surface area contributed by atoms with Crippen molar-refractivity contribution in [1.82, 2.24) is 0 Å². The van der Waals surface area contributed by atoms with Crippen LogP contribution in [0.2, 0.25) is 0 Å². The lowest BCUT2D eigenvalue weighted by Gasteiger charge is -2.32. The number of nitrogens with zero attached hydrogens (tertiary/aromatic N) is 1. The van der Waals surface area contributed by atoms with Crippen LogP contribution in [0.3, 0.4) is 0 Å². The highest BCUT2D eigenvalue weighted by Gasteiger charge is 2.32. The van der Waals surface area contributed by atoms with Crippen LogP contribution in [-0.4, -0.2) is 91.2 Å². The van der Waals surface area contributed by atoms with Crippen LogP contribution >= 0.6 is 0 Å². The Bertz CT molecular complexity index is 591. The Morgan fingerprint density at radius 1 is 0.550 bits per heavy atom. The number of hydrogen-bond acceptors (Lipinski definition) is 4. The molecule has 0 aromatic rings. The molecule has 0 saturated carbocycles. The van der Waals surface area contributed by atoms with Gasteiger partial charge in [0, 0.05) is 24.5 Å². The number of methoxy groups -OCH3 is 1. The topological polar surface area (TPSA) is 36.9 Å². The Labute approximate surface area is 245 Å². The third kappa shape index (κ3) is 23.2. The summed E-state index contributed by atoms with van der Waals surface area (Å²) >= 11 is 0. The van der Waals surface area contributed by atoms with Crippen molar-refractivity contribution in [3.05, 3.63) is 0 Å². The van der Waals surface area contributed by atoms with Crippen molar-refractivity contribution in [3.63, 3.8) is 0 Å². The van der Waals surface area contributed by atoms with E-state index in [1.807, 2.05) is 13.8 Å². The highest BCUT2D eigenvalue weighted by atomic mass is 19.4. The summed E-state index contributed by atoms with van der Waals surface area (Å²) in [6.45, 7) is 11.8. The second-order valence-corrected chi connectivity index (χ2v) is 13.3. The van der Waals surface area contributed by atoms with Crippen LogP contribution in [0.15, 0.2) is 0 Å². The summed E-state index contributed by atoms with van der Waals surface area (Å²) in [7, 11) is 6.33. The second kappa shape index (κ2) is 22.2. The minimum Gasteiger partial charge on any atom is -0.384 e. The monoisotopic (exact) mass is 584 g/mol. The van der Waals surface area contributed by atoms with Crippen LogP contribution in [0.4, 0.5) is 13.2 Å².